The summed E-state index contributed by atoms with van der Waals surface area (Å²) in [5.74, 6) is -0.256. The molecule has 1 heterocycles. The van der Waals surface area contributed by atoms with Gasteiger partial charge in [0, 0.05) is 28.2 Å². The van der Waals surface area contributed by atoms with Crippen LogP contribution in [-0.4, -0.2) is 28.0 Å². The normalized spacial score (nSPS) is 10.9. The monoisotopic (exact) mass is 384 g/mol. The Balaban J connectivity index is 2.12. The number of amides is 1. The molecule has 2 N–H and O–H groups in total. The second kappa shape index (κ2) is 7.84. The molecule has 5 nitrogen and oxygen atoms in total. The van der Waals surface area contributed by atoms with Gasteiger partial charge in [0.05, 0.1) is 11.9 Å². The van der Waals surface area contributed by atoms with Gasteiger partial charge in [0.25, 0.3) is 5.91 Å². The number of fused-ring (bicyclic) bond motifs is 1. The second-order valence-electron chi connectivity index (χ2n) is 6.44. The molecular weight excluding hydrogens is 364 g/mol. The predicted molar refractivity (Wildman–Crippen MR) is 107 cm³/mol. The fourth-order valence-electron chi connectivity index (χ4n) is 3.19. The van der Waals surface area contributed by atoms with Crippen LogP contribution >= 0.6 is 11.6 Å². The number of hydrogen-bond donors (Lipinski definition) is 2. The number of rotatable bonds is 5. The summed E-state index contributed by atoms with van der Waals surface area (Å²) in [6, 6.07) is 11.6. The van der Waals surface area contributed by atoms with Crippen molar-refractivity contribution in [2.24, 2.45) is 0 Å². The van der Waals surface area contributed by atoms with Crippen molar-refractivity contribution in [2.45, 2.75) is 26.7 Å². The van der Waals surface area contributed by atoms with E-state index in [1.54, 1.807) is 41.0 Å². The Kier molecular flexibility index (Phi) is 5.51. The number of carbonyl (C=O) groups excluding carboxylic acids is 2. The molecule has 0 spiro atoms. The number of nitrogens with zero attached hydrogens (tertiary/aromatic N) is 1. The minimum atomic E-state index is -0.231. The average molecular weight is 385 g/mol. The fourth-order valence-corrected chi connectivity index (χ4v) is 3.38. The van der Waals surface area contributed by atoms with Crippen molar-refractivity contribution in [1.29, 1.82) is 0 Å². The van der Waals surface area contributed by atoms with Gasteiger partial charge in [-0.05, 0) is 55.3 Å². The first-order valence-corrected chi connectivity index (χ1v) is 9.20. The molecule has 0 unspecified atom stereocenters. The van der Waals surface area contributed by atoms with E-state index in [1.807, 2.05) is 13.8 Å². The van der Waals surface area contributed by atoms with Gasteiger partial charge >= 0.3 is 0 Å². The number of benzene rings is 2. The molecule has 0 fully saturated rings. The Morgan fingerprint density at radius 1 is 1.19 bits per heavy atom. The van der Waals surface area contributed by atoms with Crippen LogP contribution in [0.5, 0.6) is 5.75 Å². The minimum absolute atomic E-state index is 0.0880. The third-order valence-electron chi connectivity index (χ3n) is 4.50. The molecule has 0 atom stereocenters. The van der Waals surface area contributed by atoms with Crippen LogP contribution < -0.4 is 5.32 Å². The molecule has 3 aromatic rings. The first-order valence-electron chi connectivity index (χ1n) is 8.82. The highest BCUT2D eigenvalue weighted by Crippen LogP contribution is 2.30. The summed E-state index contributed by atoms with van der Waals surface area (Å²) in [7, 11) is 0. The van der Waals surface area contributed by atoms with Crippen molar-refractivity contribution < 1.29 is 14.7 Å². The van der Waals surface area contributed by atoms with Gasteiger partial charge in [-0.2, -0.15) is 0 Å². The summed E-state index contributed by atoms with van der Waals surface area (Å²) in [5.41, 5.74) is 2.50. The van der Waals surface area contributed by atoms with E-state index in [1.165, 1.54) is 6.07 Å². The maximum Gasteiger partial charge on any atom is 0.262 e. The van der Waals surface area contributed by atoms with Crippen molar-refractivity contribution in [3.8, 4) is 5.75 Å². The van der Waals surface area contributed by atoms with Gasteiger partial charge in [0.15, 0.2) is 0 Å². The van der Waals surface area contributed by atoms with Crippen LogP contribution in [-0.2, 0) is 11.2 Å². The van der Waals surface area contributed by atoms with E-state index in [0.29, 0.717) is 33.7 Å². The molecule has 6 heteroatoms. The van der Waals surface area contributed by atoms with Gasteiger partial charge in [-0.15, -0.1) is 0 Å². The molecule has 3 rings (SSSR count). The molecule has 27 heavy (non-hydrogen) atoms. The van der Waals surface area contributed by atoms with E-state index in [4.69, 9.17) is 11.6 Å². The number of phenolic OH excluding ortho intramolecular Hbond substituents is 1. The van der Waals surface area contributed by atoms with Gasteiger partial charge in [0.1, 0.15) is 5.75 Å². The largest absolute Gasteiger partial charge is 0.508 e. The highest BCUT2D eigenvalue weighted by atomic mass is 35.5. The van der Waals surface area contributed by atoms with Crippen LogP contribution in [0.15, 0.2) is 42.5 Å². The number of halogens is 1. The molecular formula is C21H21ClN2O3. The number of hydrogen-bond acceptors (Lipinski definition) is 3. The van der Waals surface area contributed by atoms with Crippen molar-refractivity contribution in [1.82, 2.24) is 9.88 Å². The van der Waals surface area contributed by atoms with E-state index in [9.17, 15) is 14.7 Å². The maximum absolute atomic E-state index is 13.1. The molecule has 0 aliphatic rings. The Morgan fingerprint density at radius 2 is 1.96 bits per heavy atom. The number of aromatic hydroxyl groups is 1. The molecule has 0 radical (unpaired) electrons. The zero-order valence-electron chi connectivity index (χ0n) is 15.3. The number of aromatic nitrogens is 1. The third-order valence-corrected chi connectivity index (χ3v) is 4.74. The molecule has 0 aliphatic heterocycles. The summed E-state index contributed by atoms with van der Waals surface area (Å²) >= 11 is 6.03. The summed E-state index contributed by atoms with van der Waals surface area (Å²) in [5, 5.41) is 13.9. The fraction of sp³-hybridized carbons (Fsp3) is 0.238. The first kappa shape index (κ1) is 19.0. The second-order valence-corrected chi connectivity index (χ2v) is 6.88. The SMILES string of the molecule is CCCNC(=O)Cc1c(C)n(C(=O)c2cccc(Cl)c2)c2ccc(O)cc12. The maximum atomic E-state index is 13.1. The summed E-state index contributed by atoms with van der Waals surface area (Å²) in [4.78, 5) is 25.4. The number of phenols is 1. The molecule has 1 aromatic heterocycles. The zero-order valence-corrected chi connectivity index (χ0v) is 16.0. The molecule has 0 aliphatic carbocycles. The average Bonchev–Trinajstić information content (AvgIpc) is 2.90. The van der Waals surface area contributed by atoms with Gasteiger partial charge in [0.2, 0.25) is 5.91 Å². The van der Waals surface area contributed by atoms with Crippen LogP contribution in [0.3, 0.4) is 0 Å². The topological polar surface area (TPSA) is 71.3 Å². The Labute approximate surface area is 162 Å². The van der Waals surface area contributed by atoms with E-state index < -0.39 is 0 Å². The van der Waals surface area contributed by atoms with E-state index in [2.05, 4.69) is 5.32 Å². The highest BCUT2D eigenvalue weighted by molar-refractivity contribution is 6.31. The number of carbonyl (C=O) groups is 2. The summed E-state index contributed by atoms with van der Waals surface area (Å²) < 4.78 is 1.57. The van der Waals surface area contributed by atoms with Crippen molar-refractivity contribution in [3.63, 3.8) is 0 Å². The molecule has 0 saturated carbocycles. The standard InChI is InChI=1S/C21H21ClN2O3/c1-3-9-23-20(26)12-17-13(2)24(19-8-7-16(25)11-18(17)19)21(27)14-5-4-6-15(22)10-14/h4-8,10-11,25H,3,9,12H2,1-2H3,(H,23,26). The highest BCUT2D eigenvalue weighted by Gasteiger charge is 2.21. The lowest BCUT2D eigenvalue weighted by molar-refractivity contribution is -0.120. The van der Waals surface area contributed by atoms with E-state index in [-0.39, 0.29) is 24.0 Å². The van der Waals surface area contributed by atoms with Crippen molar-refractivity contribution in [3.05, 3.63) is 64.3 Å². The van der Waals surface area contributed by atoms with Crippen molar-refractivity contribution >= 4 is 34.3 Å². The lowest BCUT2D eigenvalue weighted by atomic mass is 10.1. The van der Waals surface area contributed by atoms with Crippen LogP contribution in [0.2, 0.25) is 5.02 Å². The molecule has 0 saturated heterocycles. The predicted octanol–water partition coefficient (Wildman–Crippen LogP) is 4.07. The molecule has 1 amide bonds. The van der Waals surface area contributed by atoms with Gasteiger partial charge in [-0.1, -0.05) is 24.6 Å². The van der Waals surface area contributed by atoms with Crippen LogP contribution in [0, 0.1) is 6.92 Å². The van der Waals surface area contributed by atoms with Gasteiger partial charge in [-0.25, -0.2) is 0 Å². The third kappa shape index (κ3) is 3.83. The van der Waals surface area contributed by atoms with Crippen LogP contribution in [0.25, 0.3) is 10.9 Å². The van der Waals surface area contributed by atoms with E-state index >= 15 is 0 Å². The van der Waals surface area contributed by atoms with Crippen LogP contribution in [0.4, 0.5) is 0 Å². The first-order chi connectivity index (χ1) is 12.9. The van der Waals surface area contributed by atoms with Gasteiger partial charge in [-0.3, -0.25) is 14.2 Å². The molecule has 0 bridgehead atoms. The van der Waals surface area contributed by atoms with Crippen molar-refractivity contribution in [2.75, 3.05) is 6.54 Å². The smallest absolute Gasteiger partial charge is 0.262 e. The summed E-state index contributed by atoms with van der Waals surface area (Å²) in [6.45, 7) is 4.39. The lowest BCUT2D eigenvalue weighted by Gasteiger charge is -2.08. The number of nitrogens with one attached hydrogen (secondary N) is 1. The zero-order chi connectivity index (χ0) is 19.6. The summed E-state index contributed by atoms with van der Waals surface area (Å²) in [6.07, 6.45) is 0.988. The van der Waals surface area contributed by atoms with E-state index in [0.717, 1.165) is 12.0 Å². The Morgan fingerprint density at radius 3 is 2.67 bits per heavy atom. The Hall–Kier alpha value is -2.79. The lowest BCUT2D eigenvalue weighted by Crippen LogP contribution is -2.26. The minimum Gasteiger partial charge on any atom is -0.508 e. The molecule has 140 valence electrons. The van der Waals surface area contributed by atoms with Crippen LogP contribution in [0.1, 0.15) is 35.0 Å². The Bertz CT molecular complexity index is 1020. The van der Waals surface area contributed by atoms with Gasteiger partial charge < -0.3 is 10.4 Å². The molecule has 2 aromatic carbocycles. The quantitative estimate of drug-likeness (QED) is 0.696.